The van der Waals surface area contributed by atoms with Crippen LogP contribution >= 0.6 is 0 Å². The molecule has 0 saturated carbocycles. The van der Waals surface area contributed by atoms with E-state index in [9.17, 15) is 22.8 Å². The largest absolute Gasteiger partial charge is 0.477 e. The predicted octanol–water partition coefficient (Wildman–Crippen LogP) is 1.80. The van der Waals surface area contributed by atoms with Gasteiger partial charge in [0.1, 0.15) is 5.69 Å². The number of amides is 2. The summed E-state index contributed by atoms with van der Waals surface area (Å²) in [6, 6.07) is 17.6. The molecule has 0 atom stereocenters. The summed E-state index contributed by atoms with van der Waals surface area (Å²) in [5.41, 5.74) is 1.38. The number of aromatic nitrogens is 1. The summed E-state index contributed by atoms with van der Waals surface area (Å²) in [6.07, 6.45) is 1.78. The van der Waals surface area contributed by atoms with Gasteiger partial charge in [-0.05, 0) is 41.8 Å². The molecule has 0 aliphatic heterocycles. The van der Waals surface area contributed by atoms with E-state index in [4.69, 9.17) is 5.11 Å². The van der Waals surface area contributed by atoms with Crippen molar-refractivity contribution in [3.05, 3.63) is 95.3 Å². The van der Waals surface area contributed by atoms with Crippen molar-refractivity contribution < 1.29 is 27.9 Å². The zero-order chi connectivity index (χ0) is 23.8. The number of aromatic carboxylic acids is 1. The van der Waals surface area contributed by atoms with Gasteiger partial charge in [-0.25, -0.2) is 22.9 Å². The van der Waals surface area contributed by atoms with Crippen molar-refractivity contribution >= 4 is 27.8 Å². The number of pyridine rings is 1. The molecule has 3 aromatic rings. The number of sulfonamides is 1. The number of hydrogen-bond donors (Lipinski definition) is 3. The normalized spacial score (nSPS) is 10.9. The van der Waals surface area contributed by atoms with Crippen LogP contribution in [0.15, 0.2) is 77.8 Å². The fourth-order valence-corrected chi connectivity index (χ4v) is 3.89. The maximum atomic E-state index is 12.5. The molecule has 10 heteroatoms. The van der Waals surface area contributed by atoms with Crippen LogP contribution in [0.1, 0.15) is 32.0 Å². The average Bonchev–Trinajstić information content (AvgIpc) is 2.80. The van der Waals surface area contributed by atoms with Crippen molar-refractivity contribution in [2.24, 2.45) is 0 Å². The molecule has 0 bridgehead atoms. The molecule has 170 valence electrons. The number of nitrogens with one attached hydrogen (secondary N) is 2. The Morgan fingerprint density at radius 3 is 2.18 bits per heavy atom. The fraction of sp³-hybridized carbons (Fsp3) is 0.130. The van der Waals surface area contributed by atoms with Crippen molar-refractivity contribution in [2.75, 3.05) is 6.54 Å². The minimum absolute atomic E-state index is 0.0913. The van der Waals surface area contributed by atoms with E-state index in [0.29, 0.717) is 13.0 Å². The molecule has 2 aromatic carbocycles. The number of carboxylic acid groups (broad SMARTS) is 1. The Morgan fingerprint density at radius 2 is 1.58 bits per heavy atom. The van der Waals surface area contributed by atoms with Gasteiger partial charge in [0.05, 0.1) is 16.9 Å². The van der Waals surface area contributed by atoms with Crippen LogP contribution in [0.2, 0.25) is 0 Å². The molecule has 0 saturated heterocycles. The Kier molecular flexibility index (Phi) is 7.52. The third-order valence-electron chi connectivity index (χ3n) is 4.65. The van der Waals surface area contributed by atoms with Crippen LogP contribution in [0, 0.1) is 0 Å². The van der Waals surface area contributed by atoms with Crippen molar-refractivity contribution in [3.63, 3.8) is 0 Å². The van der Waals surface area contributed by atoms with E-state index in [1.165, 1.54) is 18.2 Å². The molecule has 0 aliphatic rings. The number of hydrogen-bond acceptors (Lipinski definition) is 6. The van der Waals surface area contributed by atoms with E-state index in [-0.39, 0.29) is 28.5 Å². The Balaban J connectivity index is 1.53. The highest BCUT2D eigenvalue weighted by Gasteiger charge is 2.19. The first-order valence-corrected chi connectivity index (χ1v) is 11.4. The van der Waals surface area contributed by atoms with E-state index in [1.54, 1.807) is 12.1 Å². The maximum absolute atomic E-state index is 12.5. The van der Waals surface area contributed by atoms with Crippen LogP contribution in [-0.2, 0) is 27.7 Å². The second-order valence-electron chi connectivity index (χ2n) is 7.08. The fourth-order valence-electron chi connectivity index (χ4n) is 2.92. The highest BCUT2D eigenvalue weighted by Crippen LogP contribution is 2.12. The summed E-state index contributed by atoms with van der Waals surface area (Å²) in [5, 5.41) is 11.7. The molecule has 0 spiro atoms. The number of nitrogens with zero attached hydrogens (tertiary/aromatic N) is 1. The molecular weight excluding hydrogens is 446 g/mol. The maximum Gasteiger partial charge on any atom is 0.354 e. The molecule has 3 rings (SSSR count). The molecule has 9 nitrogen and oxygen atoms in total. The quantitative estimate of drug-likeness (QED) is 0.435. The summed E-state index contributed by atoms with van der Waals surface area (Å²) >= 11 is 0. The average molecular weight is 468 g/mol. The first kappa shape index (κ1) is 23.6. The third-order valence-corrected chi connectivity index (χ3v) is 6.00. The summed E-state index contributed by atoms with van der Waals surface area (Å²) in [5.74, 6) is -2.29. The minimum Gasteiger partial charge on any atom is -0.477 e. The van der Waals surface area contributed by atoms with Gasteiger partial charge in [0.25, 0.3) is 15.9 Å². The van der Waals surface area contributed by atoms with Gasteiger partial charge < -0.3 is 10.4 Å². The first-order valence-electron chi connectivity index (χ1n) is 9.90. The van der Waals surface area contributed by atoms with Crippen LogP contribution in [-0.4, -0.2) is 42.8 Å². The third kappa shape index (κ3) is 6.71. The molecule has 0 radical (unpaired) electrons. The lowest BCUT2D eigenvalue weighted by Crippen LogP contribution is -2.30. The number of carbonyl (C=O) groups excluding carboxylic acids is 2. The van der Waals surface area contributed by atoms with E-state index in [1.807, 2.05) is 35.1 Å². The lowest BCUT2D eigenvalue weighted by Gasteiger charge is -2.09. The number of carboxylic acids is 1. The van der Waals surface area contributed by atoms with E-state index < -0.39 is 21.9 Å². The van der Waals surface area contributed by atoms with E-state index in [0.717, 1.165) is 23.4 Å². The monoisotopic (exact) mass is 467 g/mol. The summed E-state index contributed by atoms with van der Waals surface area (Å²) in [6.45, 7) is 0.397. The van der Waals surface area contributed by atoms with Gasteiger partial charge in [-0.2, -0.15) is 0 Å². The van der Waals surface area contributed by atoms with Crippen molar-refractivity contribution in [1.82, 2.24) is 15.0 Å². The zero-order valence-corrected chi connectivity index (χ0v) is 18.2. The van der Waals surface area contributed by atoms with E-state index in [2.05, 4.69) is 10.3 Å². The van der Waals surface area contributed by atoms with Gasteiger partial charge in [0.2, 0.25) is 5.91 Å². The van der Waals surface area contributed by atoms with Crippen LogP contribution in [0.25, 0.3) is 0 Å². The highest BCUT2D eigenvalue weighted by atomic mass is 32.2. The van der Waals surface area contributed by atoms with Crippen LogP contribution in [0.4, 0.5) is 0 Å². The number of carbonyl (C=O) groups is 3. The van der Waals surface area contributed by atoms with Gasteiger partial charge in [-0.15, -0.1) is 0 Å². The van der Waals surface area contributed by atoms with Gasteiger partial charge in [0, 0.05) is 12.7 Å². The lowest BCUT2D eigenvalue weighted by molar-refractivity contribution is -0.120. The van der Waals surface area contributed by atoms with Crippen LogP contribution < -0.4 is 10.0 Å². The van der Waals surface area contributed by atoms with Gasteiger partial charge in [-0.3, -0.25) is 9.59 Å². The van der Waals surface area contributed by atoms with E-state index >= 15 is 0 Å². The lowest BCUT2D eigenvalue weighted by atomic mass is 10.1. The molecule has 33 heavy (non-hydrogen) atoms. The smallest absolute Gasteiger partial charge is 0.354 e. The highest BCUT2D eigenvalue weighted by molar-refractivity contribution is 7.90. The van der Waals surface area contributed by atoms with Gasteiger partial charge in [0.15, 0.2) is 0 Å². The Labute approximate surface area is 190 Å². The van der Waals surface area contributed by atoms with Crippen molar-refractivity contribution in [3.8, 4) is 0 Å². The SMILES string of the molecule is O=C(Cc1ccccc1)NCCc1ccc(S(=O)(=O)NC(=O)c2ccc(C(=O)O)nc2)cc1. The molecule has 3 N–H and O–H groups in total. The molecule has 1 aromatic heterocycles. The summed E-state index contributed by atoms with van der Waals surface area (Å²) < 4.78 is 26.9. The Hall–Kier alpha value is -4.05. The van der Waals surface area contributed by atoms with Gasteiger partial charge in [-0.1, -0.05) is 42.5 Å². The van der Waals surface area contributed by atoms with Crippen LogP contribution in [0.5, 0.6) is 0 Å². The molecule has 1 heterocycles. The zero-order valence-electron chi connectivity index (χ0n) is 17.4. The Bertz CT molecular complexity index is 1240. The number of benzene rings is 2. The molecule has 0 fully saturated rings. The second-order valence-corrected chi connectivity index (χ2v) is 8.76. The second kappa shape index (κ2) is 10.5. The minimum atomic E-state index is -4.13. The summed E-state index contributed by atoms with van der Waals surface area (Å²) in [4.78, 5) is 38.5. The van der Waals surface area contributed by atoms with Crippen LogP contribution in [0.3, 0.4) is 0 Å². The first-order chi connectivity index (χ1) is 15.7. The summed E-state index contributed by atoms with van der Waals surface area (Å²) in [7, 11) is -4.13. The number of rotatable bonds is 9. The van der Waals surface area contributed by atoms with Crippen molar-refractivity contribution in [1.29, 1.82) is 0 Å². The standard InChI is InChI=1S/C23H21N3O6S/c27-21(14-17-4-2-1-3-5-17)24-13-12-16-6-9-19(10-7-16)33(31,32)26-22(28)18-8-11-20(23(29)30)25-15-18/h1-11,15H,12-14H2,(H,24,27)(H,26,28)(H,29,30). The topological polar surface area (TPSA) is 143 Å². The van der Waals surface area contributed by atoms with Gasteiger partial charge >= 0.3 is 5.97 Å². The molecule has 2 amide bonds. The Morgan fingerprint density at radius 1 is 0.879 bits per heavy atom. The van der Waals surface area contributed by atoms with Crippen molar-refractivity contribution in [2.45, 2.75) is 17.7 Å². The predicted molar refractivity (Wildman–Crippen MR) is 119 cm³/mol. The molecule has 0 aliphatic carbocycles. The molecule has 0 unspecified atom stereocenters. The molecular formula is C23H21N3O6S.